The number of hydrogen-bond acceptors (Lipinski definition) is 2. The molecule has 3 nitrogen and oxygen atoms in total. The van der Waals surface area contributed by atoms with Crippen molar-refractivity contribution in [1.82, 2.24) is 4.90 Å². The number of rotatable bonds is 5. The van der Waals surface area contributed by atoms with E-state index >= 15 is 0 Å². The van der Waals surface area contributed by atoms with Gasteiger partial charge in [-0.15, -0.1) is 0 Å². The van der Waals surface area contributed by atoms with Gasteiger partial charge in [-0.1, -0.05) is 40.2 Å². The lowest BCUT2D eigenvalue weighted by Crippen LogP contribution is -2.21. The topological polar surface area (TPSA) is 40.5 Å². The summed E-state index contributed by atoms with van der Waals surface area (Å²) in [5, 5.41) is 8.90. The average Bonchev–Trinajstić information content (AvgIpc) is 2.47. The molecule has 0 amide bonds. The zero-order chi connectivity index (χ0) is 15.4. The fraction of sp³-hybridized carbons (Fsp3) is 0.235. The average molecular weight is 348 g/mol. The maximum atomic E-state index is 10.8. The monoisotopic (exact) mass is 347 g/mol. The first-order valence-electron chi connectivity index (χ1n) is 6.75. The highest BCUT2D eigenvalue weighted by atomic mass is 79.9. The molecule has 1 N–H and O–H groups in total. The van der Waals surface area contributed by atoms with Crippen molar-refractivity contribution < 1.29 is 9.90 Å². The third-order valence-electron chi connectivity index (χ3n) is 3.65. The standard InChI is InChI=1S/C17H18BrNO2/c1-12(14-7-9-16(18)10-8-14)19(2)11-13-3-5-15(6-4-13)17(20)21/h3-10,12H,11H2,1-2H3,(H,20,21). The third kappa shape index (κ3) is 4.16. The highest BCUT2D eigenvalue weighted by molar-refractivity contribution is 9.10. The molecule has 0 radical (unpaired) electrons. The predicted molar refractivity (Wildman–Crippen MR) is 87.4 cm³/mol. The van der Waals surface area contributed by atoms with Gasteiger partial charge in [0.25, 0.3) is 0 Å². The Morgan fingerprint density at radius 2 is 1.71 bits per heavy atom. The highest BCUT2D eigenvalue weighted by Crippen LogP contribution is 2.22. The minimum atomic E-state index is -0.891. The lowest BCUT2D eigenvalue weighted by atomic mass is 10.1. The molecule has 2 aromatic carbocycles. The zero-order valence-electron chi connectivity index (χ0n) is 12.1. The van der Waals surface area contributed by atoms with Crippen molar-refractivity contribution in [2.45, 2.75) is 19.5 Å². The quantitative estimate of drug-likeness (QED) is 0.874. The number of benzene rings is 2. The lowest BCUT2D eigenvalue weighted by Gasteiger charge is -2.25. The second-order valence-electron chi connectivity index (χ2n) is 5.14. The van der Waals surface area contributed by atoms with Gasteiger partial charge < -0.3 is 5.11 Å². The van der Waals surface area contributed by atoms with Gasteiger partial charge in [0.2, 0.25) is 0 Å². The molecule has 21 heavy (non-hydrogen) atoms. The molecule has 2 rings (SSSR count). The first kappa shape index (κ1) is 15.7. The van der Waals surface area contributed by atoms with Gasteiger partial charge in [-0.25, -0.2) is 4.79 Å². The Bertz CT molecular complexity index is 608. The van der Waals surface area contributed by atoms with Crippen molar-refractivity contribution in [3.05, 3.63) is 69.7 Å². The number of carboxylic acids is 1. The summed E-state index contributed by atoms with van der Waals surface area (Å²) >= 11 is 3.44. The third-order valence-corrected chi connectivity index (χ3v) is 4.18. The largest absolute Gasteiger partial charge is 0.478 e. The number of aromatic carboxylic acids is 1. The van der Waals surface area contributed by atoms with Crippen LogP contribution in [0.5, 0.6) is 0 Å². The Labute approximate surface area is 133 Å². The fourth-order valence-electron chi connectivity index (χ4n) is 2.17. The minimum Gasteiger partial charge on any atom is -0.478 e. The summed E-state index contributed by atoms with van der Waals surface area (Å²) in [6.07, 6.45) is 0. The molecule has 0 aliphatic heterocycles. The Hall–Kier alpha value is -1.65. The zero-order valence-corrected chi connectivity index (χ0v) is 13.7. The molecule has 0 aliphatic carbocycles. The van der Waals surface area contributed by atoms with Gasteiger partial charge >= 0.3 is 5.97 Å². The van der Waals surface area contributed by atoms with Gasteiger partial charge in [0.05, 0.1) is 5.56 Å². The first-order chi connectivity index (χ1) is 9.97. The molecule has 4 heteroatoms. The van der Waals surface area contributed by atoms with Gasteiger partial charge in [0.15, 0.2) is 0 Å². The van der Waals surface area contributed by atoms with Crippen molar-refractivity contribution in [2.24, 2.45) is 0 Å². The van der Waals surface area contributed by atoms with Crippen molar-refractivity contribution in [1.29, 1.82) is 0 Å². The molecule has 1 unspecified atom stereocenters. The number of nitrogens with zero attached hydrogens (tertiary/aromatic N) is 1. The van der Waals surface area contributed by atoms with Crippen LogP contribution < -0.4 is 0 Å². The normalized spacial score (nSPS) is 12.4. The Morgan fingerprint density at radius 3 is 2.24 bits per heavy atom. The van der Waals surface area contributed by atoms with Crippen LogP contribution in [0.15, 0.2) is 53.0 Å². The fourth-order valence-corrected chi connectivity index (χ4v) is 2.44. The molecule has 0 heterocycles. The second-order valence-corrected chi connectivity index (χ2v) is 6.06. The highest BCUT2D eigenvalue weighted by Gasteiger charge is 2.12. The van der Waals surface area contributed by atoms with Crippen LogP contribution in [0.2, 0.25) is 0 Å². The summed E-state index contributed by atoms with van der Waals surface area (Å²) in [7, 11) is 2.07. The summed E-state index contributed by atoms with van der Waals surface area (Å²) in [5.41, 5.74) is 2.68. The minimum absolute atomic E-state index is 0.289. The summed E-state index contributed by atoms with van der Waals surface area (Å²) < 4.78 is 1.07. The van der Waals surface area contributed by atoms with Crippen molar-refractivity contribution >= 4 is 21.9 Å². The van der Waals surface area contributed by atoms with E-state index in [9.17, 15) is 4.79 Å². The summed E-state index contributed by atoms with van der Waals surface area (Å²) in [6.45, 7) is 2.94. The first-order valence-corrected chi connectivity index (χ1v) is 7.54. The van der Waals surface area contributed by atoms with Gasteiger partial charge in [-0.2, -0.15) is 0 Å². The van der Waals surface area contributed by atoms with E-state index in [4.69, 9.17) is 5.11 Å². The van der Waals surface area contributed by atoms with Crippen LogP contribution in [0.25, 0.3) is 0 Å². The van der Waals surface area contributed by atoms with Gasteiger partial charge in [0, 0.05) is 17.1 Å². The van der Waals surface area contributed by atoms with Crippen molar-refractivity contribution in [3.8, 4) is 0 Å². The molecule has 0 aliphatic rings. The lowest BCUT2D eigenvalue weighted by molar-refractivity contribution is 0.0697. The van der Waals surface area contributed by atoms with Crippen LogP contribution in [0.3, 0.4) is 0 Å². The van der Waals surface area contributed by atoms with E-state index in [-0.39, 0.29) is 6.04 Å². The Morgan fingerprint density at radius 1 is 1.14 bits per heavy atom. The van der Waals surface area contributed by atoms with E-state index in [1.807, 2.05) is 24.3 Å². The van der Waals surface area contributed by atoms with Crippen molar-refractivity contribution in [3.63, 3.8) is 0 Å². The van der Waals surface area contributed by atoms with Crippen LogP contribution in [-0.2, 0) is 6.54 Å². The van der Waals surface area contributed by atoms with Crippen LogP contribution in [-0.4, -0.2) is 23.0 Å². The van der Waals surface area contributed by atoms with E-state index in [2.05, 4.69) is 46.9 Å². The van der Waals surface area contributed by atoms with Crippen LogP contribution in [0.1, 0.15) is 34.5 Å². The van der Waals surface area contributed by atoms with E-state index in [0.717, 1.165) is 16.6 Å². The molecule has 0 saturated carbocycles. The van der Waals surface area contributed by atoms with Crippen LogP contribution in [0, 0.1) is 0 Å². The number of carbonyl (C=O) groups is 1. The molecule has 0 saturated heterocycles. The van der Waals surface area contributed by atoms with E-state index in [1.54, 1.807) is 12.1 Å². The molecule has 110 valence electrons. The second kappa shape index (κ2) is 6.87. The SMILES string of the molecule is CC(c1ccc(Br)cc1)N(C)Cc1ccc(C(=O)O)cc1. The van der Waals surface area contributed by atoms with Crippen LogP contribution >= 0.6 is 15.9 Å². The molecule has 1 atom stereocenters. The van der Waals surface area contributed by atoms with Gasteiger partial charge in [-0.05, 0) is 49.4 Å². The smallest absolute Gasteiger partial charge is 0.335 e. The Balaban J connectivity index is 2.04. The molecular formula is C17H18BrNO2. The molecular weight excluding hydrogens is 330 g/mol. The number of halogens is 1. The van der Waals surface area contributed by atoms with E-state index in [0.29, 0.717) is 5.56 Å². The maximum absolute atomic E-state index is 10.8. The maximum Gasteiger partial charge on any atom is 0.335 e. The number of carboxylic acid groups (broad SMARTS) is 1. The molecule has 0 aromatic heterocycles. The van der Waals surface area contributed by atoms with Crippen LogP contribution in [0.4, 0.5) is 0 Å². The number of hydrogen-bond donors (Lipinski definition) is 1. The summed E-state index contributed by atoms with van der Waals surface area (Å²) in [6, 6.07) is 15.6. The van der Waals surface area contributed by atoms with E-state index < -0.39 is 5.97 Å². The molecule has 0 bridgehead atoms. The molecule has 2 aromatic rings. The predicted octanol–water partition coefficient (Wildman–Crippen LogP) is 4.34. The summed E-state index contributed by atoms with van der Waals surface area (Å²) in [4.78, 5) is 13.1. The van der Waals surface area contributed by atoms with Gasteiger partial charge in [0.1, 0.15) is 0 Å². The Kier molecular flexibility index (Phi) is 5.15. The molecule has 0 spiro atoms. The summed E-state index contributed by atoms with van der Waals surface area (Å²) in [5.74, 6) is -0.891. The van der Waals surface area contributed by atoms with E-state index in [1.165, 1.54) is 5.56 Å². The van der Waals surface area contributed by atoms with Gasteiger partial charge in [-0.3, -0.25) is 4.90 Å². The van der Waals surface area contributed by atoms with Crippen molar-refractivity contribution in [2.75, 3.05) is 7.05 Å². The molecule has 0 fully saturated rings.